The average molecular weight is 374 g/mol. The minimum Gasteiger partial charge on any atom is -0.251 e. The predicted octanol–water partition coefficient (Wildman–Crippen LogP) is 7.91. The van der Waals surface area contributed by atoms with Crippen LogP contribution in [-0.4, -0.2) is 6.67 Å². The minimum atomic E-state index is -0.764. The lowest BCUT2D eigenvalue weighted by atomic mass is 9.99. The number of allylic oxidation sites excluding steroid dienone is 1. The fourth-order valence-electron chi connectivity index (χ4n) is 3.08. The van der Waals surface area contributed by atoms with Crippen LogP contribution in [0.1, 0.15) is 63.0 Å². The summed E-state index contributed by atoms with van der Waals surface area (Å²) in [6, 6.07) is 10.8. The van der Waals surface area contributed by atoms with Crippen LogP contribution >= 0.6 is 0 Å². The SMILES string of the molecule is CCCCc1ccc(-c2ccc(C=CCCCCCCF)cc2)c(F)c1F. The van der Waals surface area contributed by atoms with Gasteiger partial charge >= 0.3 is 0 Å². The van der Waals surface area contributed by atoms with Crippen LogP contribution in [0.5, 0.6) is 0 Å². The van der Waals surface area contributed by atoms with E-state index in [0.717, 1.165) is 44.1 Å². The Bertz CT molecular complexity index is 717. The maximum Gasteiger partial charge on any atom is 0.166 e. The lowest BCUT2D eigenvalue weighted by Gasteiger charge is -2.09. The smallest absolute Gasteiger partial charge is 0.166 e. The Morgan fingerprint density at radius 1 is 0.815 bits per heavy atom. The van der Waals surface area contributed by atoms with Crippen molar-refractivity contribution in [1.29, 1.82) is 0 Å². The summed E-state index contributed by atoms with van der Waals surface area (Å²) in [5.74, 6) is -1.49. The number of unbranched alkanes of at least 4 members (excludes halogenated alkanes) is 5. The molecule has 0 unspecified atom stereocenters. The highest BCUT2D eigenvalue weighted by Gasteiger charge is 2.14. The first kappa shape index (κ1) is 21.3. The lowest BCUT2D eigenvalue weighted by molar-refractivity contribution is 0.453. The maximum atomic E-state index is 14.4. The fraction of sp³-hybridized carbons (Fsp3) is 0.417. The van der Waals surface area contributed by atoms with Crippen LogP contribution in [0.4, 0.5) is 13.2 Å². The zero-order valence-electron chi connectivity index (χ0n) is 16.1. The summed E-state index contributed by atoms with van der Waals surface area (Å²) in [5.41, 5.74) is 2.46. The lowest BCUT2D eigenvalue weighted by Crippen LogP contribution is -1.97. The molecule has 3 heteroatoms. The fourth-order valence-corrected chi connectivity index (χ4v) is 3.08. The molecule has 0 aliphatic heterocycles. The molecular formula is C24H29F3. The van der Waals surface area contributed by atoms with Gasteiger partial charge in [-0.25, -0.2) is 8.78 Å². The van der Waals surface area contributed by atoms with E-state index < -0.39 is 11.6 Å². The first-order valence-electron chi connectivity index (χ1n) is 9.97. The maximum absolute atomic E-state index is 14.4. The van der Waals surface area contributed by atoms with Crippen molar-refractivity contribution in [2.24, 2.45) is 0 Å². The second-order valence-corrected chi connectivity index (χ2v) is 6.92. The average Bonchev–Trinajstić information content (AvgIpc) is 2.69. The summed E-state index contributed by atoms with van der Waals surface area (Å²) >= 11 is 0. The molecule has 0 aromatic heterocycles. The second-order valence-electron chi connectivity index (χ2n) is 6.92. The third kappa shape index (κ3) is 6.57. The summed E-state index contributed by atoms with van der Waals surface area (Å²) in [6.45, 7) is 1.81. The highest BCUT2D eigenvalue weighted by molar-refractivity contribution is 5.66. The van der Waals surface area contributed by atoms with E-state index >= 15 is 0 Å². The normalized spacial score (nSPS) is 11.4. The van der Waals surface area contributed by atoms with Crippen molar-refractivity contribution >= 4 is 6.08 Å². The van der Waals surface area contributed by atoms with Gasteiger partial charge in [-0.05, 0) is 48.8 Å². The van der Waals surface area contributed by atoms with Crippen LogP contribution in [0, 0.1) is 11.6 Å². The van der Waals surface area contributed by atoms with E-state index in [1.807, 2.05) is 37.3 Å². The molecule has 0 heterocycles. The molecule has 0 spiro atoms. The van der Waals surface area contributed by atoms with Gasteiger partial charge in [-0.15, -0.1) is 0 Å². The molecule has 0 saturated carbocycles. The van der Waals surface area contributed by atoms with Crippen molar-refractivity contribution in [1.82, 2.24) is 0 Å². The Morgan fingerprint density at radius 3 is 2.26 bits per heavy atom. The van der Waals surface area contributed by atoms with E-state index in [-0.39, 0.29) is 6.67 Å². The highest BCUT2D eigenvalue weighted by Crippen LogP contribution is 2.27. The van der Waals surface area contributed by atoms with Gasteiger partial charge in [0.05, 0.1) is 6.67 Å². The van der Waals surface area contributed by atoms with Gasteiger partial charge in [-0.2, -0.15) is 0 Å². The van der Waals surface area contributed by atoms with Crippen LogP contribution in [0.15, 0.2) is 42.5 Å². The first-order chi connectivity index (χ1) is 13.2. The Labute approximate surface area is 161 Å². The van der Waals surface area contributed by atoms with Gasteiger partial charge in [-0.1, -0.05) is 74.7 Å². The summed E-state index contributed by atoms with van der Waals surface area (Å²) in [5, 5.41) is 0. The number of hydrogen-bond acceptors (Lipinski definition) is 0. The molecule has 0 aliphatic rings. The van der Waals surface area contributed by atoms with Crippen molar-refractivity contribution in [3.8, 4) is 11.1 Å². The van der Waals surface area contributed by atoms with Gasteiger partial charge in [-0.3, -0.25) is 4.39 Å². The monoisotopic (exact) mass is 374 g/mol. The van der Waals surface area contributed by atoms with Crippen molar-refractivity contribution in [3.63, 3.8) is 0 Å². The number of rotatable bonds is 11. The Balaban J connectivity index is 1.97. The molecule has 0 amide bonds. The molecule has 146 valence electrons. The molecule has 0 radical (unpaired) electrons. The molecular weight excluding hydrogens is 345 g/mol. The van der Waals surface area contributed by atoms with Crippen LogP contribution in [0.3, 0.4) is 0 Å². The van der Waals surface area contributed by atoms with E-state index in [2.05, 4.69) is 6.08 Å². The highest BCUT2D eigenvalue weighted by atomic mass is 19.2. The van der Waals surface area contributed by atoms with Crippen molar-refractivity contribution < 1.29 is 13.2 Å². The van der Waals surface area contributed by atoms with Crippen LogP contribution < -0.4 is 0 Å². The molecule has 27 heavy (non-hydrogen) atoms. The summed E-state index contributed by atoms with van der Waals surface area (Å²) < 4.78 is 40.7. The predicted molar refractivity (Wildman–Crippen MR) is 109 cm³/mol. The summed E-state index contributed by atoms with van der Waals surface area (Å²) in [7, 11) is 0. The van der Waals surface area contributed by atoms with E-state index in [1.54, 1.807) is 12.1 Å². The number of halogens is 3. The summed E-state index contributed by atoms with van der Waals surface area (Å²) in [4.78, 5) is 0. The van der Waals surface area contributed by atoms with Crippen molar-refractivity contribution in [2.45, 2.75) is 58.3 Å². The number of benzene rings is 2. The zero-order chi connectivity index (χ0) is 19.5. The molecule has 2 aromatic rings. The molecule has 0 atom stereocenters. The van der Waals surface area contributed by atoms with Crippen molar-refractivity contribution in [2.75, 3.05) is 6.67 Å². The third-order valence-electron chi connectivity index (χ3n) is 4.75. The van der Waals surface area contributed by atoms with Gasteiger partial charge in [0.25, 0.3) is 0 Å². The van der Waals surface area contributed by atoms with Crippen molar-refractivity contribution in [3.05, 3.63) is 65.2 Å². The minimum absolute atomic E-state index is 0.228. The second kappa shape index (κ2) is 11.6. The standard InChI is InChI=1S/C24H29F3/c1-2-3-11-21-16-17-22(24(27)23(21)26)20-14-12-19(13-15-20)10-8-6-4-5-7-9-18-25/h8,10,12-17H,2-7,9,11,18H2,1H3. The molecule has 0 aliphatic carbocycles. The Hall–Kier alpha value is -2.03. The molecule has 2 aromatic carbocycles. The number of aryl methyl sites for hydroxylation is 1. The summed E-state index contributed by atoms with van der Waals surface area (Å²) in [6.07, 6.45) is 11.2. The Kier molecular flexibility index (Phi) is 9.17. The van der Waals surface area contributed by atoms with Crippen LogP contribution in [0.25, 0.3) is 17.2 Å². The van der Waals surface area contributed by atoms with E-state index in [9.17, 15) is 13.2 Å². The van der Waals surface area contributed by atoms with Gasteiger partial charge in [0.2, 0.25) is 0 Å². The molecule has 0 saturated heterocycles. The molecule has 2 rings (SSSR count). The molecule has 0 N–H and O–H groups in total. The third-order valence-corrected chi connectivity index (χ3v) is 4.75. The Morgan fingerprint density at radius 2 is 1.56 bits per heavy atom. The van der Waals surface area contributed by atoms with Gasteiger partial charge < -0.3 is 0 Å². The number of alkyl halides is 1. The quantitative estimate of drug-likeness (QED) is 0.351. The van der Waals surface area contributed by atoms with E-state index in [4.69, 9.17) is 0 Å². The van der Waals surface area contributed by atoms with Gasteiger partial charge in [0, 0.05) is 5.56 Å². The van der Waals surface area contributed by atoms with Crippen LogP contribution in [0.2, 0.25) is 0 Å². The number of hydrogen-bond donors (Lipinski definition) is 0. The van der Waals surface area contributed by atoms with E-state index in [0.29, 0.717) is 29.5 Å². The zero-order valence-corrected chi connectivity index (χ0v) is 16.1. The van der Waals surface area contributed by atoms with Gasteiger partial charge in [0.15, 0.2) is 11.6 Å². The molecule has 0 nitrogen and oxygen atoms in total. The van der Waals surface area contributed by atoms with Gasteiger partial charge in [0.1, 0.15) is 0 Å². The van der Waals surface area contributed by atoms with Crippen LogP contribution in [-0.2, 0) is 6.42 Å². The molecule has 0 fully saturated rings. The topological polar surface area (TPSA) is 0 Å². The first-order valence-corrected chi connectivity index (χ1v) is 9.97. The molecule has 0 bridgehead atoms. The largest absolute Gasteiger partial charge is 0.251 e. The van der Waals surface area contributed by atoms with E-state index in [1.165, 1.54) is 0 Å².